The molecule has 2 saturated heterocycles. The lowest BCUT2D eigenvalue weighted by Crippen LogP contribution is -2.42. The first kappa shape index (κ1) is 18.9. The maximum atomic E-state index is 5.87. The van der Waals surface area contributed by atoms with Crippen LogP contribution in [0.15, 0.2) is 24.5 Å². The molecule has 0 radical (unpaired) electrons. The summed E-state index contributed by atoms with van der Waals surface area (Å²) in [4.78, 5) is 15.9. The van der Waals surface area contributed by atoms with Gasteiger partial charge in [0.05, 0.1) is 32.5 Å². The van der Waals surface area contributed by atoms with Crippen LogP contribution in [-0.4, -0.2) is 72.0 Å². The highest BCUT2D eigenvalue weighted by atomic mass is 16.5. The van der Waals surface area contributed by atoms with Gasteiger partial charge in [-0.05, 0) is 30.0 Å². The number of anilines is 1. The van der Waals surface area contributed by atoms with E-state index in [9.17, 15) is 0 Å². The van der Waals surface area contributed by atoms with Gasteiger partial charge in [0.15, 0.2) is 5.82 Å². The Morgan fingerprint density at radius 1 is 0.966 bits per heavy atom. The highest BCUT2D eigenvalue weighted by Gasteiger charge is 2.28. The van der Waals surface area contributed by atoms with Gasteiger partial charge < -0.3 is 19.5 Å². The number of nitrogens with one attached hydrogen (secondary N) is 1. The second kappa shape index (κ2) is 8.71. The van der Waals surface area contributed by atoms with Gasteiger partial charge in [-0.3, -0.25) is 4.90 Å². The van der Waals surface area contributed by atoms with E-state index in [0.717, 1.165) is 57.9 Å². The Morgan fingerprint density at radius 3 is 2.66 bits per heavy atom. The van der Waals surface area contributed by atoms with Crippen molar-refractivity contribution in [3.05, 3.63) is 35.7 Å². The van der Waals surface area contributed by atoms with Gasteiger partial charge in [0.25, 0.3) is 0 Å². The van der Waals surface area contributed by atoms with Crippen molar-refractivity contribution in [3.63, 3.8) is 0 Å². The molecule has 2 fully saturated rings. The average molecular weight is 397 g/mol. The van der Waals surface area contributed by atoms with Crippen LogP contribution in [0.1, 0.15) is 30.0 Å². The van der Waals surface area contributed by atoms with Gasteiger partial charge in [0, 0.05) is 37.9 Å². The Balaban J connectivity index is 1.39. The monoisotopic (exact) mass is 397 g/mol. The average Bonchev–Trinajstić information content (AvgIpc) is 2.80. The predicted octanol–water partition coefficient (Wildman–Crippen LogP) is 2.03. The van der Waals surface area contributed by atoms with Crippen LogP contribution in [0.2, 0.25) is 0 Å². The summed E-state index contributed by atoms with van der Waals surface area (Å²) in [5.74, 6) is 1.33. The molecule has 3 aliphatic rings. The number of fused-ring (bicyclic) bond motifs is 1. The van der Waals surface area contributed by atoms with E-state index in [4.69, 9.17) is 14.2 Å². The number of hydrogen-bond donors (Lipinski definition) is 1. The largest absolute Gasteiger partial charge is 0.381 e. The topological polar surface area (TPSA) is 81.6 Å². The van der Waals surface area contributed by atoms with E-state index in [-0.39, 0.29) is 6.04 Å². The SMILES string of the molecule is c1nc(NC2CCOCC2)nc(-c2ccc3c(c2)C(N2CCOCC2)COC3)n1. The molecule has 1 N–H and O–H groups in total. The molecule has 29 heavy (non-hydrogen) atoms. The van der Waals surface area contributed by atoms with Crippen LogP contribution in [0.3, 0.4) is 0 Å². The van der Waals surface area contributed by atoms with Crippen LogP contribution in [0.4, 0.5) is 5.95 Å². The minimum Gasteiger partial charge on any atom is -0.381 e. The van der Waals surface area contributed by atoms with Gasteiger partial charge in [-0.15, -0.1) is 0 Å². The summed E-state index contributed by atoms with van der Waals surface area (Å²) in [6, 6.07) is 7.06. The summed E-state index contributed by atoms with van der Waals surface area (Å²) >= 11 is 0. The zero-order valence-corrected chi connectivity index (χ0v) is 16.5. The molecule has 1 aromatic heterocycles. The quantitative estimate of drug-likeness (QED) is 0.839. The molecule has 0 amide bonds. The predicted molar refractivity (Wildman–Crippen MR) is 108 cm³/mol. The van der Waals surface area contributed by atoms with Gasteiger partial charge in [-0.1, -0.05) is 12.1 Å². The van der Waals surface area contributed by atoms with Gasteiger partial charge in [0.1, 0.15) is 6.33 Å². The highest BCUT2D eigenvalue weighted by Crippen LogP contribution is 2.33. The summed E-state index contributed by atoms with van der Waals surface area (Å²) in [6.45, 7) is 6.36. The maximum absolute atomic E-state index is 5.87. The number of hydrogen-bond acceptors (Lipinski definition) is 8. The van der Waals surface area contributed by atoms with Crippen molar-refractivity contribution in [1.82, 2.24) is 19.9 Å². The molecule has 8 heteroatoms. The van der Waals surface area contributed by atoms with Gasteiger partial charge in [0.2, 0.25) is 5.95 Å². The van der Waals surface area contributed by atoms with Gasteiger partial charge in [-0.25, -0.2) is 9.97 Å². The van der Waals surface area contributed by atoms with Crippen LogP contribution in [-0.2, 0) is 20.8 Å². The molecule has 4 heterocycles. The van der Waals surface area contributed by atoms with Crippen LogP contribution in [0, 0.1) is 0 Å². The lowest BCUT2D eigenvalue weighted by molar-refractivity contribution is -0.0232. The first-order chi connectivity index (χ1) is 14.4. The highest BCUT2D eigenvalue weighted by molar-refractivity contribution is 5.59. The molecule has 1 atom stereocenters. The fourth-order valence-corrected chi connectivity index (χ4v) is 4.27. The standard InChI is InChI=1S/C21H27N5O3/c1-2-16-12-29-13-19(26-5-9-28-10-6-26)18(16)11-15(1)20-22-14-23-21(25-20)24-17-3-7-27-8-4-17/h1-2,11,14,17,19H,3-10,12-13H2,(H,22,23,24,25). The number of aromatic nitrogens is 3. The van der Waals surface area contributed by atoms with Crippen LogP contribution >= 0.6 is 0 Å². The van der Waals surface area contributed by atoms with Crippen molar-refractivity contribution in [1.29, 1.82) is 0 Å². The van der Waals surface area contributed by atoms with Crippen LogP contribution in [0.25, 0.3) is 11.4 Å². The van der Waals surface area contributed by atoms with Crippen LogP contribution < -0.4 is 5.32 Å². The molecule has 0 bridgehead atoms. The number of ether oxygens (including phenoxy) is 3. The van der Waals surface area contributed by atoms with E-state index in [1.165, 1.54) is 11.1 Å². The molecule has 1 unspecified atom stereocenters. The van der Waals surface area contributed by atoms with E-state index < -0.39 is 0 Å². The Hall–Kier alpha value is -2.13. The minimum atomic E-state index is 0.254. The molecule has 2 aromatic rings. The Bertz CT molecular complexity index is 837. The molecule has 154 valence electrons. The summed E-state index contributed by atoms with van der Waals surface area (Å²) in [5, 5.41) is 3.43. The second-order valence-corrected chi connectivity index (χ2v) is 7.76. The van der Waals surface area contributed by atoms with Crippen molar-refractivity contribution in [2.45, 2.75) is 31.5 Å². The van der Waals surface area contributed by atoms with E-state index >= 15 is 0 Å². The fourth-order valence-electron chi connectivity index (χ4n) is 4.27. The molecule has 8 nitrogen and oxygen atoms in total. The van der Waals surface area contributed by atoms with E-state index in [1.807, 2.05) is 0 Å². The summed E-state index contributed by atoms with van der Waals surface area (Å²) < 4.78 is 16.8. The summed E-state index contributed by atoms with van der Waals surface area (Å²) in [6.07, 6.45) is 3.54. The zero-order valence-electron chi connectivity index (χ0n) is 16.5. The minimum absolute atomic E-state index is 0.254. The Kier molecular flexibility index (Phi) is 5.67. The van der Waals surface area contributed by atoms with Gasteiger partial charge >= 0.3 is 0 Å². The second-order valence-electron chi connectivity index (χ2n) is 7.76. The summed E-state index contributed by atoms with van der Waals surface area (Å²) in [7, 11) is 0. The molecular weight excluding hydrogens is 370 g/mol. The Morgan fingerprint density at radius 2 is 1.79 bits per heavy atom. The van der Waals surface area contributed by atoms with E-state index in [1.54, 1.807) is 6.33 Å². The third-order valence-electron chi connectivity index (χ3n) is 5.91. The van der Waals surface area contributed by atoms with Crippen molar-refractivity contribution in [2.75, 3.05) is 51.4 Å². The van der Waals surface area contributed by atoms with Crippen molar-refractivity contribution < 1.29 is 14.2 Å². The first-order valence-electron chi connectivity index (χ1n) is 10.4. The lowest BCUT2D eigenvalue weighted by atomic mass is 9.95. The number of benzene rings is 1. The molecule has 5 rings (SSSR count). The van der Waals surface area contributed by atoms with Crippen molar-refractivity contribution in [3.8, 4) is 11.4 Å². The molecule has 0 saturated carbocycles. The molecule has 0 aliphatic carbocycles. The fraction of sp³-hybridized carbons (Fsp3) is 0.571. The maximum Gasteiger partial charge on any atom is 0.226 e. The number of rotatable bonds is 4. The van der Waals surface area contributed by atoms with Crippen molar-refractivity contribution in [2.24, 2.45) is 0 Å². The molecule has 1 aromatic carbocycles. The summed E-state index contributed by atoms with van der Waals surface area (Å²) in [5.41, 5.74) is 3.57. The smallest absolute Gasteiger partial charge is 0.226 e. The van der Waals surface area contributed by atoms with Crippen molar-refractivity contribution >= 4 is 5.95 Å². The molecule has 3 aliphatic heterocycles. The third kappa shape index (κ3) is 4.25. The number of morpholine rings is 1. The molecular formula is C21H27N5O3. The van der Waals surface area contributed by atoms with Crippen LogP contribution in [0.5, 0.6) is 0 Å². The normalized spacial score (nSPS) is 23.5. The van der Waals surface area contributed by atoms with Gasteiger partial charge in [-0.2, -0.15) is 4.98 Å². The lowest BCUT2D eigenvalue weighted by Gasteiger charge is -2.37. The first-order valence-corrected chi connectivity index (χ1v) is 10.4. The number of nitrogens with zero attached hydrogens (tertiary/aromatic N) is 4. The third-order valence-corrected chi connectivity index (χ3v) is 5.91. The molecule has 0 spiro atoms. The zero-order chi connectivity index (χ0) is 19.5. The van der Waals surface area contributed by atoms with E-state index in [2.05, 4.69) is 43.4 Å². The Labute approximate surface area is 170 Å². The van der Waals surface area contributed by atoms with E-state index in [0.29, 0.717) is 31.0 Å².